The highest BCUT2D eigenvalue weighted by molar-refractivity contribution is 9.10. The first-order valence-electron chi connectivity index (χ1n) is 5.58. The van der Waals surface area contributed by atoms with Crippen LogP contribution in [0, 0.1) is 0 Å². The minimum atomic E-state index is -0.461. The summed E-state index contributed by atoms with van der Waals surface area (Å²) in [6.45, 7) is 1.64. The van der Waals surface area contributed by atoms with E-state index in [1.807, 2.05) is 18.2 Å². The van der Waals surface area contributed by atoms with Gasteiger partial charge in [-0.15, -0.1) is 0 Å². The van der Waals surface area contributed by atoms with Crippen molar-refractivity contribution in [1.82, 2.24) is 5.32 Å². The van der Waals surface area contributed by atoms with Gasteiger partial charge in [-0.3, -0.25) is 0 Å². The molecule has 1 atom stereocenters. The van der Waals surface area contributed by atoms with E-state index in [-0.39, 0.29) is 0 Å². The largest absolute Gasteiger partial charge is 0.496 e. The Labute approximate surface area is 110 Å². The Kier molecular flexibility index (Phi) is 6.50. The van der Waals surface area contributed by atoms with Crippen molar-refractivity contribution in [1.29, 1.82) is 0 Å². The molecule has 0 radical (unpaired) electrons. The zero-order chi connectivity index (χ0) is 12.7. The van der Waals surface area contributed by atoms with E-state index >= 15 is 0 Å². The highest BCUT2D eigenvalue weighted by Crippen LogP contribution is 2.25. The Morgan fingerprint density at radius 3 is 2.88 bits per heavy atom. The fourth-order valence-electron chi connectivity index (χ4n) is 1.45. The number of methoxy groups -OCH3 is 1. The van der Waals surface area contributed by atoms with E-state index in [1.165, 1.54) is 5.56 Å². The van der Waals surface area contributed by atoms with Gasteiger partial charge in [0.15, 0.2) is 0 Å². The van der Waals surface area contributed by atoms with Crippen LogP contribution in [-0.2, 0) is 6.42 Å². The van der Waals surface area contributed by atoms with Crippen LogP contribution < -0.4 is 15.8 Å². The molecular formula is C12H19BrN2O2. The van der Waals surface area contributed by atoms with Gasteiger partial charge in [-0.1, -0.05) is 6.07 Å². The van der Waals surface area contributed by atoms with Crippen LogP contribution in [0.4, 0.5) is 0 Å². The summed E-state index contributed by atoms with van der Waals surface area (Å²) in [4.78, 5) is 0. The highest BCUT2D eigenvalue weighted by Gasteiger charge is 2.02. The fourth-order valence-corrected chi connectivity index (χ4v) is 2.04. The lowest BCUT2D eigenvalue weighted by atomic mass is 10.1. The van der Waals surface area contributed by atoms with Crippen LogP contribution in [0.1, 0.15) is 5.56 Å². The predicted molar refractivity (Wildman–Crippen MR) is 72.3 cm³/mol. The maximum absolute atomic E-state index is 9.26. The van der Waals surface area contributed by atoms with Crippen LogP contribution in [0.2, 0.25) is 0 Å². The summed E-state index contributed by atoms with van der Waals surface area (Å²) in [5.74, 6) is 0.834. The molecule has 0 fully saturated rings. The number of hydrogen-bond acceptors (Lipinski definition) is 4. The van der Waals surface area contributed by atoms with Crippen molar-refractivity contribution in [3.63, 3.8) is 0 Å². The molecule has 0 aliphatic heterocycles. The van der Waals surface area contributed by atoms with Crippen molar-refractivity contribution in [2.45, 2.75) is 12.5 Å². The molecule has 1 rings (SSSR count). The summed E-state index contributed by atoms with van der Waals surface area (Å²) in [7, 11) is 1.65. The average Bonchev–Trinajstić information content (AvgIpc) is 2.34. The molecule has 0 spiro atoms. The number of rotatable bonds is 7. The molecule has 17 heavy (non-hydrogen) atoms. The van der Waals surface area contributed by atoms with Gasteiger partial charge in [-0.2, -0.15) is 0 Å². The average molecular weight is 303 g/mol. The van der Waals surface area contributed by atoms with E-state index in [1.54, 1.807) is 7.11 Å². The van der Waals surface area contributed by atoms with Crippen molar-refractivity contribution in [3.05, 3.63) is 28.2 Å². The van der Waals surface area contributed by atoms with Crippen LogP contribution in [0.15, 0.2) is 22.7 Å². The first-order chi connectivity index (χ1) is 8.17. The van der Waals surface area contributed by atoms with Crippen molar-refractivity contribution >= 4 is 15.9 Å². The van der Waals surface area contributed by atoms with Gasteiger partial charge in [0.2, 0.25) is 0 Å². The second kappa shape index (κ2) is 7.66. The van der Waals surface area contributed by atoms with Gasteiger partial charge in [0, 0.05) is 13.1 Å². The van der Waals surface area contributed by atoms with E-state index in [0.29, 0.717) is 13.1 Å². The van der Waals surface area contributed by atoms with E-state index in [4.69, 9.17) is 10.5 Å². The van der Waals surface area contributed by atoms with Crippen LogP contribution in [-0.4, -0.2) is 38.0 Å². The number of nitrogens with two attached hydrogens (primary N) is 1. The van der Waals surface area contributed by atoms with Gasteiger partial charge in [-0.05, 0) is 46.6 Å². The highest BCUT2D eigenvalue weighted by atomic mass is 79.9. The number of aliphatic hydroxyl groups is 1. The summed E-state index contributed by atoms with van der Waals surface area (Å²) in [6, 6.07) is 6.01. The molecule has 96 valence electrons. The molecule has 1 aromatic rings. The molecule has 4 nitrogen and oxygen atoms in total. The van der Waals surface area contributed by atoms with Crippen LogP contribution in [0.25, 0.3) is 0 Å². The molecule has 5 heteroatoms. The Hall–Kier alpha value is -0.620. The van der Waals surface area contributed by atoms with Crippen molar-refractivity contribution in [2.24, 2.45) is 5.73 Å². The van der Waals surface area contributed by atoms with Gasteiger partial charge < -0.3 is 20.9 Å². The van der Waals surface area contributed by atoms with Gasteiger partial charge in [-0.25, -0.2) is 0 Å². The standard InChI is InChI=1S/C12H19BrN2O2/c1-17-12-3-2-9(6-11(12)13)4-5-15-8-10(16)7-14/h2-3,6,10,15-16H,4-5,7-8,14H2,1H3. The molecule has 0 aliphatic carbocycles. The third-order valence-corrected chi connectivity index (χ3v) is 3.08. The molecule has 1 aromatic carbocycles. The SMILES string of the molecule is COc1ccc(CCNCC(O)CN)cc1Br. The number of halogens is 1. The Balaban J connectivity index is 2.34. The second-order valence-corrected chi connectivity index (χ2v) is 4.67. The third-order valence-electron chi connectivity index (χ3n) is 2.46. The van der Waals surface area contributed by atoms with Crippen LogP contribution in [0.3, 0.4) is 0 Å². The number of ether oxygens (including phenoxy) is 1. The molecule has 1 unspecified atom stereocenters. The van der Waals surface area contributed by atoms with Gasteiger partial charge in [0.25, 0.3) is 0 Å². The minimum absolute atomic E-state index is 0.293. The number of nitrogens with one attached hydrogen (secondary N) is 1. The lowest BCUT2D eigenvalue weighted by Gasteiger charge is -2.10. The molecule has 0 bridgehead atoms. The van der Waals surface area contributed by atoms with Crippen molar-refractivity contribution in [3.8, 4) is 5.75 Å². The summed E-state index contributed by atoms with van der Waals surface area (Å²) in [5.41, 5.74) is 6.52. The quantitative estimate of drug-likeness (QED) is 0.655. The Morgan fingerprint density at radius 2 is 2.29 bits per heavy atom. The molecule has 0 saturated carbocycles. The summed E-state index contributed by atoms with van der Waals surface area (Å²) in [6.07, 6.45) is 0.442. The molecule has 0 aromatic heterocycles. The Bertz CT molecular complexity index is 347. The van der Waals surface area contributed by atoms with E-state index < -0.39 is 6.10 Å². The first-order valence-corrected chi connectivity index (χ1v) is 6.38. The molecule has 4 N–H and O–H groups in total. The number of aliphatic hydroxyl groups excluding tert-OH is 1. The minimum Gasteiger partial charge on any atom is -0.496 e. The number of hydrogen-bond donors (Lipinski definition) is 3. The lowest BCUT2D eigenvalue weighted by molar-refractivity contribution is 0.180. The maximum Gasteiger partial charge on any atom is 0.133 e. The first kappa shape index (κ1) is 14.4. The topological polar surface area (TPSA) is 67.5 Å². The van der Waals surface area contributed by atoms with Crippen molar-refractivity contribution in [2.75, 3.05) is 26.7 Å². The zero-order valence-corrected chi connectivity index (χ0v) is 11.5. The predicted octanol–water partition coefficient (Wildman–Crippen LogP) is 0.909. The van der Waals surface area contributed by atoms with Gasteiger partial charge >= 0.3 is 0 Å². The monoisotopic (exact) mass is 302 g/mol. The lowest BCUT2D eigenvalue weighted by Crippen LogP contribution is -2.33. The third kappa shape index (κ3) is 5.04. The van der Waals surface area contributed by atoms with E-state index in [0.717, 1.165) is 23.2 Å². The van der Waals surface area contributed by atoms with E-state index in [2.05, 4.69) is 21.2 Å². The molecule has 0 heterocycles. The van der Waals surface area contributed by atoms with Crippen molar-refractivity contribution < 1.29 is 9.84 Å². The normalized spacial score (nSPS) is 12.5. The summed E-state index contributed by atoms with van der Waals surface area (Å²) < 4.78 is 6.12. The summed E-state index contributed by atoms with van der Waals surface area (Å²) >= 11 is 3.45. The summed E-state index contributed by atoms with van der Waals surface area (Å²) in [5, 5.41) is 12.4. The van der Waals surface area contributed by atoms with Gasteiger partial charge in [0.05, 0.1) is 17.7 Å². The fraction of sp³-hybridized carbons (Fsp3) is 0.500. The molecular weight excluding hydrogens is 284 g/mol. The Morgan fingerprint density at radius 1 is 1.53 bits per heavy atom. The second-order valence-electron chi connectivity index (χ2n) is 3.81. The molecule has 0 aliphatic rings. The maximum atomic E-state index is 9.26. The molecule has 0 amide bonds. The zero-order valence-electron chi connectivity index (χ0n) is 9.95. The molecule has 0 saturated heterocycles. The number of benzene rings is 1. The van der Waals surface area contributed by atoms with Crippen LogP contribution >= 0.6 is 15.9 Å². The van der Waals surface area contributed by atoms with Gasteiger partial charge in [0.1, 0.15) is 5.75 Å². The smallest absolute Gasteiger partial charge is 0.133 e. The van der Waals surface area contributed by atoms with E-state index in [9.17, 15) is 5.11 Å². The van der Waals surface area contributed by atoms with Crippen LogP contribution in [0.5, 0.6) is 5.75 Å².